The van der Waals surface area contributed by atoms with Crippen LogP contribution in [0.15, 0.2) is 29.6 Å². The summed E-state index contributed by atoms with van der Waals surface area (Å²) in [6.45, 7) is 7.46. The van der Waals surface area contributed by atoms with Crippen LogP contribution in [0, 0.1) is 5.92 Å². The second kappa shape index (κ2) is 13.2. The van der Waals surface area contributed by atoms with Gasteiger partial charge in [-0.25, -0.2) is 9.78 Å². The summed E-state index contributed by atoms with van der Waals surface area (Å²) >= 11 is 1.35. The molecular weight excluding hydrogens is 556 g/mol. The third-order valence-corrected chi connectivity index (χ3v) is 8.98. The molecule has 2 N–H and O–H groups in total. The molecule has 10 nitrogen and oxygen atoms in total. The highest BCUT2D eigenvalue weighted by atomic mass is 32.1. The average Bonchev–Trinajstić information content (AvgIpc) is 3.64. The van der Waals surface area contributed by atoms with E-state index in [2.05, 4.69) is 10.3 Å². The number of thiazole rings is 1. The lowest BCUT2D eigenvalue weighted by molar-refractivity contribution is -0.140. The SMILES string of the molecule is CC(C(=O)NC(C(=O)N1CCCC1c1nc(C(=O)c2ccc(O)cc2)cs1)C1CCCCC1)N(C)C(=O)OC(C)(C)C. The van der Waals surface area contributed by atoms with Gasteiger partial charge in [0.2, 0.25) is 17.6 Å². The molecule has 4 rings (SSSR count). The number of nitrogens with one attached hydrogen (secondary N) is 1. The monoisotopic (exact) mass is 598 g/mol. The van der Waals surface area contributed by atoms with E-state index < -0.39 is 29.7 Å². The zero-order valence-corrected chi connectivity index (χ0v) is 25.9. The molecule has 2 fully saturated rings. The van der Waals surface area contributed by atoms with E-state index in [-0.39, 0.29) is 29.4 Å². The van der Waals surface area contributed by atoms with Gasteiger partial charge < -0.3 is 20.1 Å². The normalized spacial score (nSPS) is 19.2. The highest BCUT2D eigenvalue weighted by molar-refractivity contribution is 7.10. The van der Waals surface area contributed by atoms with Crippen molar-refractivity contribution in [1.29, 1.82) is 0 Å². The van der Waals surface area contributed by atoms with Crippen LogP contribution in [0.1, 0.15) is 99.7 Å². The van der Waals surface area contributed by atoms with Crippen LogP contribution in [0.4, 0.5) is 4.79 Å². The van der Waals surface area contributed by atoms with Crippen molar-refractivity contribution in [3.63, 3.8) is 0 Å². The van der Waals surface area contributed by atoms with Gasteiger partial charge in [0.25, 0.3) is 0 Å². The molecule has 1 saturated carbocycles. The van der Waals surface area contributed by atoms with Crippen molar-refractivity contribution in [1.82, 2.24) is 20.1 Å². The maximum absolute atomic E-state index is 14.2. The van der Waals surface area contributed by atoms with Gasteiger partial charge in [0.05, 0.1) is 6.04 Å². The Bertz CT molecular complexity index is 1280. The Labute approximate surface area is 251 Å². The molecule has 1 saturated heterocycles. The number of amides is 3. The lowest BCUT2D eigenvalue weighted by atomic mass is 9.83. The number of carbonyl (C=O) groups excluding carboxylic acids is 4. The first-order valence-corrected chi connectivity index (χ1v) is 15.6. The van der Waals surface area contributed by atoms with E-state index in [9.17, 15) is 24.3 Å². The number of rotatable bonds is 8. The minimum atomic E-state index is -0.833. The van der Waals surface area contributed by atoms with Crippen LogP contribution < -0.4 is 5.32 Å². The summed E-state index contributed by atoms with van der Waals surface area (Å²) < 4.78 is 5.43. The summed E-state index contributed by atoms with van der Waals surface area (Å²) in [5.74, 6) is -0.719. The van der Waals surface area contributed by atoms with Crippen LogP contribution in [0.25, 0.3) is 0 Å². The molecule has 1 aliphatic heterocycles. The molecule has 3 atom stereocenters. The van der Waals surface area contributed by atoms with E-state index in [4.69, 9.17) is 4.74 Å². The minimum Gasteiger partial charge on any atom is -0.508 e. The van der Waals surface area contributed by atoms with Crippen molar-refractivity contribution in [2.75, 3.05) is 13.6 Å². The van der Waals surface area contributed by atoms with Crippen LogP contribution in [-0.4, -0.2) is 74.9 Å². The van der Waals surface area contributed by atoms with E-state index in [1.807, 2.05) is 0 Å². The lowest BCUT2D eigenvalue weighted by Crippen LogP contribution is -2.56. The summed E-state index contributed by atoms with van der Waals surface area (Å²) in [4.78, 5) is 60.8. The highest BCUT2D eigenvalue weighted by Crippen LogP contribution is 2.36. The number of hydrogen-bond donors (Lipinski definition) is 2. The van der Waals surface area contributed by atoms with Crippen molar-refractivity contribution in [2.45, 2.75) is 96.4 Å². The van der Waals surface area contributed by atoms with Gasteiger partial charge in [0.1, 0.15) is 34.1 Å². The molecule has 11 heteroatoms. The molecular formula is C31H42N4O6S. The molecule has 0 spiro atoms. The number of ketones is 1. The molecule has 2 aromatic rings. The van der Waals surface area contributed by atoms with E-state index in [0.29, 0.717) is 22.8 Å². The number of aromatic hydroxyl groups is 1. The third kappa shape index (κ3) is 7.48. The summed E-state index contributed by atoms with van der Waals surface area (Å²) in [5.41, 5.74) is 0.0303. The van der Waals surface area contributed by atoms with Gasteiger partial charge in [-0.15, -0.1) is 11.3 Å². The van der Waals surface area contributed by atoms with Gasteiger partial charge in [-0.3, -0.25) is 19.3 Å². The first-order chi connectivity index (χ1) is 19.9. The third-order valence-electron chi connectivity index (χ3n) is 8.03. The van der Waals surface area contributed by atoms with Crippen molar-refractivity contribution < 1.29 is 29.0 Å². The molecule has 0 radical (unpaired) electrons. The zero-order valence-electron chi connectivity index (χ0n) is 25.1. The van der Waals surface area contributed by atoms with E-state index in [0.717, 1.165) is 44.9 Å². The molecule has 1 aliphatic carbocycles. The van der Waals surface area contributed by atoms with Crippen molar-refractivity contribution in [3.8, 4) is 5.75 Å². The van der Waals surface area contributed by atoms with Gasteiger partial charge in [-0.05, 0) is 83.6 Å². The van der Waals surface area contributed by atoms with Gasteiger partial charge >= 0.3 is 6.09 Å². The number of phenolic OH excluding ortho intramolecular Hbond substituents is 1. The highest BCUT2D eigenvalue weighted by Gasteiger charge is 2.41. The van der Waals surface area contributed by atoms with Crippen molar-refractivity contribution in [3.05, 3.63) is 45.9 Å². The van der Waals surface area contributed by atoms with Crippen LogP contribution in [0.2, 0.25) is 0 Å². The fourth-order valence-corrected chi connectivity index (χ4v) is 6.51. The molecule has 1 aromatic heterocycles. The Morgan fingerprint density at radius 2 is 1.74 bits per heavy atom. The molecule has 2 heterocycles. The quantitative estimate of drug-likeness (QED) is 0.406. The standard InChI is InChI=1S/C31H42N4O6S/c1-19(34(5)30(40)41-31(2,3)4)27(38)33-25(20-10-7-6-8-11-20)29(39)35-17-9-12-24(35)28-32-23(18-42-28)26(37)21-13-15-22(36)16-14-21/h13-16,18-20,24-25,36H,6-12,17H2,1-5H3,(H,33,38). The fourth-order valence-electron chi connectivity index (χ4n) is 5.56. The number of carbonyl (C=O) groups is 4. The largest absolute Gasteiger partial charge is 0.508 e. The Balaban J connectivity index is 1.51. The zero-order chi connectivity index (χ0) is 30.6. The Hall–Kier alpha value is -3.47. The van der Waals surface area contributed by atoms with Crippen LogP contribution in [0.5, 0.6) is 5.75 Å². The van der Waals surface area contributed by atoms with Crippen molar-refractivity contribution in [2.24, 2.45) is 5.92 Å². The average molecular weight is 599 g/mol. The smallest absolute Gasteiger partial charge is 0.410 e. The minimum absolute atomic E-state index is 0.00147. The van der Waals surface area contributed by atoms with E-state index in [1.54, 1.807) is 50.1 Å². The maximum Gasteiger partial charge on any atom is 0.410 e. The molecule has 42 heavy (non-hydrogen) atoms. The van der Waals surface area contributed by atoms with E-state index in [1.165, 1.54) is 35.4 Å². The number of aromatic nitrogens is 1. The number of nitrogens with zero attached hydrogens (tertiary/aromatic N) is 3. The molecule has 228 valence electrons. The van der Waals surface area contributed by atoms with Gasteiger partial charge in [-0.1, -0.05) is 19.3 Å². The molecule has 3 amide bonds. The number of hydrogen-bond acceptors (Lipinski definition) is 8. The van der Waals surface area contributed by atoms with Gasteiger partial charge in [0.15, 0.2) is 0 Å². The summed E-state index contributed by atoms with van der Waals surface area (Å²) in [5, 5.41) is 15.0. The first-order valence-electron chi connectivity index (χ1n) is 14.7. The van der Waals surface area contributed by atoms with Crippen LogP contribution in [-0.2, 0) is 14.3 Å². The van der Waals surface area contributed by atoms with Crippen LogP contribution in [0.3, 0.4) is 0 Å². The predicted octanol–water partition coefficient (Wildman–Crippen LogP) is 5.06. The number of benzene rings is 1. The van der Waals surface area contributed by atoms with Crippen LogP contribution >= 0.6 is 11.3 Å². The first kappa shape index (κ1) is 31.5. The predicted molar refractivity (Wildman–Crippen MR) is 159 cm³/mol. The second-order valence-electron chi connectivity index (χ2n) is 12.3. The number of phenols is 1. The topological polar surface area (TPSA) is 129 Å². The van der Waals surface area contributed by atoms with E-state index >= 15 is 0 Å². The molecule has 2 aliphatic rings. The summed E-state index contributed by atoms with van der Waals surface area (Å²) in [6.07, 6.45) is 5.68. The Morgan fingerprint density at radius 3 is 2.38 bits per heavy atom. The second-order valence-corrected chi connectivity index (χ2v) is 13.2. The molecule has 0 bridgehead atoms. The fraction of sp³-hybridized carbons (Fsp3) is 0.581. The van der Waals surface area contributed by atoms with Gasteiger partial charge in [-0.2, -0.15) is 0 Å². The summed E-state index contributed by atoms with van der Waals surface area (Å²) in [6, 6.07) is 4.20. The maximum atomic E-state index is 14.2. The molecule has 1 aromatic carbocycles. The lowest BCUT2D eigenvalue weighted by Gasteiger charge is -2.36. The number of ether oxygens (including phenoxy) is 1. The number of likely N-dealkylation sites (tertiary alicyclic amines) is 1. The Morgan fingerprint density at radius 1 is 1.07 bits per heavy atom. The number of likely N-dealkylation sites (N-methyl/N-ethyl adjacent to an activating group) is 1. The summed E-state index contributed by atoms with van der Waals surface area (Å²) in [7, 11) is 1.52. The Kier molecular flexibility index (Phi) is 9.91. The van der Waals surface area contributed by atoms with Crippen molar-refractivity contribution >= 4 is 35.0 Å². The molecule has 3 unspecified atom stereocenters. The van der Waals surface area contributed by atoms with Gasteiger partial charge in [0, 0.05) is 24.5 Å².